The SMILES string of the molecule is Cc1ccc(-c2csc(NC(=O)c3cccnc3)n2)cc1. The number of rotatable bonds is 3. The first kappa shape index (κ1) is 13.5. The Hall–Kier alpha value is -2.53. The van der Waals surface area contributed by atoms with Crippen molar-refractivity contribution in [2.45, 2.75) is 6.92 Å². The summed E-state index contributed by atoms with van der Waals surface area (Å²) in [7, 11) is 0. The molecule has 1 N–H and O–H groups in total. The fourth-order valence-electron chi connectivity index (χ4n) is 1.85. The number of amides is 1. The van der Waals surface area contributed by atoms with Gasteiger partial charge in [0.15, 0.2) is 5.13 Å². The van der Waals surface area contributed by atoms with Gasteiger partial charge >= 0.3 is 0 Å². The number of thiazole rings is 1. The van der Waals surface area contributed by atoms with Crippen molar-refractivity contribution >= 4 is 22.4 Å². The van der Waals surface area contributed by atoms with Gasteiger partial charge in [0.2, 0.25) is 0 Å². The van der Waals surface area contributed by atoms with Crippen LogP contribution in [0.4, 0.5) is 5.13 Å². The van der Waals surface area contributed by atoms with E-state index in [0.717, 1.165) is 11.3 Å². The molecule has 2 heterocycles. The molecule has 0 aliphatic carbocycles. The van der Waals surface area contributed by atoms with Crippen molar-refractivity contribution in [3.05, 3.63) is 65.3 Å². The van der Waals surface area contributed by atoms with Crippen LogP contribution >= 0.6 is 11.3 Å². The van der Waals surface area contributed by atoms with E-state index in [1.54, 1.807) is 18.3 Å². The highest BCUT2D eigenvalue weighted by atomic mass is 32.1. The van der Waals surface area contributed by atoms with Crippen LogP contribution in [0.5, 0.6) is 0 Å². The highest BCUT2D eigenvalue weighted by Crippen LogP contribution is 2.25. The summed E-state index contributed by atoms with van der Waals surface area (Å²) in [6.45, 7) is 2.05. The van der Waals surface area contributed by atoms with Crippen molar-refractivity contribution in [2.24, 2.45) is 0 Å². The lowest BCUT2D eigenvalue weighted by Crippen LogP contribution is -2.11. The van der Waals surface area contributed by atoms with Crippen molar-refractivity contribution in [1.82, 2.24) is 9.97 Å². The van der Waals surface area contributed by atoms with Crippen LogP contribution in [0.1, 0.15) is 15.9 Å². The first-order valence-corrected chi connectivity index (χ1v) is 7.34. The maximum absolute atomic E-state index is 12.0. The summed E-state index contributed by atoms with van der Waals surface area (Å²) in [5, 5.41) is 5.31. The molecular weight excluding hydrogens is 282 g/mol. The van der Waals surface area contributed by atoms with E-state index >= 15 is 0 Å². The first-order chi connectivity index (χ1) is 10.2. The molecule has 1 amide bonds. The number of anilines is 1. The van der Waals surface area contributed by atoms with E-state index in [9.17, 15) is 4.79 Å². The average Bonchev–Trinajstić information content (AvgIpc) is 2.97. The van der Waals surface area contributed by atoms with Crippen LogP contribution in [0.15, 0.2) is 54.2 Å². The molecule has 0 fully saturated rings. The molecule has 104 valence electrons. The van der Waals surface area contributed by atoms with Gasteiger partial charge in [-0.1, -0.05) is 29.8 Å². The number of aryl methyl sites for hydroxylation is 1. The van der Waals surface area contributed by atoms with Crippen LogP contribution in [-0.4, -0.2) is 15.9 Å². The Labute approximate surface area is 126 Å². The van der Waals surface area contributed by atoms with Gasteiger partial charge in [0.25, 0.3) is 5.91 Å². The average molecular weight is 295 g/mol. The number of hydrogen-bond acceptors (Lipinski definition) is 4. The van der Waals surface area contributed by atoms with Gasteiger partial charge in [-0.3, -0.25) is 15.1 Å². The number of aromatic nitrogens is 2. The van der Waals surface area contributed by atoms with E-state index in [1.807, 2.05) is 36.6 Å². The van der Waals surface area contributed by atoms with Crippen molar-refractivity contribution in [1.29, 1.82) is 0 Å². The summed E-state index contributed by atoms with van der Waals surface area (Å²) >= 11 is 1.41. The first-order valence-electron chi connectivity index (χ1n) is 6.46. The van der Waals surface area contributed by atoms with Gasteiger partial charge in [0.1, 0.15) is 0 Å². The quantitative estimate of drug-likeness (QED) is 0.800. The summed E-state index contributed by atoms with van der Waals surface area (Å²) < 4.78 is 0. The Morgan fingerprint density at radius 1 is 1.19 bits per heavy atom. The Balaban J connectivity index is 1.76. The van der Waals surface area contributed by atoms with Crippen LogP contribution in [0.25, 0.3) is 11.3 Å². The van der Waals surface area contributed by atoms with Crippen LogP contribution in [0.2, 0.25) is 0 Å². The molecule has 0 bridgehead atoms. The number of hydrogen-bond donors (Lipinski definition) is 1. The van der Waals surface area contributed by atoms with E-state index in [1.165, 1.54) is 23.1 Å². The standard InChI is InChI=1S/C16H13N3OS/c1-11-4-6-12(7-5-11)14-10-21-16(18-14)19-15(20)13-3-2-8-17-9-13/h2-10H,1H3,(H,18,19,20). The van der Waals surface area contributed by atoms with Gasteiger partial charge < -0.3 is 0 Å². The molecule has 1 aromatic carbocycles. The van der Waals surface area contributed by atoms with Crippen LogP contribution < -0.4 is 5.32 Å². The third-order valence-electron chi connectivity index (χ3n) is 3.00. The Kier molecular flexibility index (Phi) is 3.75. The highest BCUT2D eigenvalue weighted by Gasteiger charge is 2.09. The molecule has 0 atom stereocenters. The molecule has 0 aliphatic heterocycles. The molecule has 5 heteroatoms. The van der Waals surface area contributed by atoms with Crippen LogP contribution in [0, 0.1) is 6.92 Å². The van der Waals surface area contributed by atoms with Gasteiger partial charge in [-0.05, 0) is 19.1 Å². The normalized spacial score (nSPS) is 10.3. The van der Waals surface area contributed by atoms with Gasteiger partial charge in [-0.15, -0.1) is 11.3 Å². The summed E-state index contributed by atoms with van der Waals surface area (Å²) in [5.41, 5.74) is 3.63. The molecule has 0 unspecified atom stereocenters. The zero-order valence-electron chi connectivity index (χ0n) is 11.4. The van der Waals surface area contributed by atoms with Crippen molar-refractivity contribution in [2.75, 3.05) is 5.32 Å². The lowest BCUT2D eigenvalue weighted by molar-refractivity contribution is 0.102. The fraction of sp³-hybridized carbons (Fsp3) is 0.0625. The Morgan fingerprint density at radius 3 is 2.71 bits per heavy atom. The summed E-state index contributed by atoms with van der Waals surface area (Å²) in [6, 6.07) is 11.6. The van der Waals surface area contributed by atoms with Gasteiger partial charge in [0, 0.05) is 23.3 Å². The predicted octanol–water partition coefficient (Wildman–Crippen LogP) is 3.77. The molecule has 3 aromatic rings. The number of carbonyl (C=O) groups excluding carboxylic acids is 1. The maximum Gasteiger partial charge on any atom is 0.259 e. The largest absolute Gasteiger partial charge is 0.298 e. The third-order valence-corrected chi connectivity index (χ3v) is 3.75. The number of nitrogens with one attached hydrogen (secondary N) is 1. The smallest absolute Gasteiger partial charge is 0.259 e. The topological polar surface area (TPSA) is 54.9 Å². The van der Waals surface area contributed by atoms with E-state index in [-0.39, 0.29) is 5.91 Å². The number of carbonyl (C=O) groups is 1. The third kappa shape index (κ3) is 3.14. The minimum absolute atomic E-state index is 0.201. The number of benzene rings is 1. The zero-order chi connectivity index (χ0) is 14.7. The summed E-state index contributed by atoms with van der Waals surface area (Å²) in [5.74, 6) is -0.201. The number of nitrogens with zero attached hydrogens (tertiary/aromatic N) is 2. The molecule has 4 nitrogen and oxygen atoms in total. The second-order valence-electron chi connectivity index (χ2n) is 4.60. The maximum atomic E-state index is 12.0. The number of pyridine rings is 1. The summed E-state index contributed by atoms with van der Waals surface area (Å²) in [4.78, 5) is 20.4. The van der Waals surface area contributed by atoms with E-state index in [2.05, 4.69) is 15.3 Å². The lowest BCUT2D eigenvalue weighted by atomic mass is 10.1. The van der Waals surface area contributed by atoms with Crippen LogP contribution in [-0.2, 0) is 0 Å². The van der Waals surface area contributed by atoms with Crippen molar-refractivity contribution < 1.29 is 4.79 Å². The molecule has 2 aromatic heterocycles. The van der Waals surface area contributed by atoms with Gasteiger partial charge in [0.05, 0.1) is 11.3 Å². The molecule has 21 heavy (non-hydrogen) atoms. The second-order valence-corrected chi connectivity index (χ2v) is 5.46. The minimum Gasteiger partial charge on any atom is -0.298 e. The molecule has 0 saturated heterocycles. The second kappa shape index (κ2) is 5.85. The Bertz CT molecular complexity index is 751. The fourth-order valence-corrected chi connectivity index (χ4v) is 2.57. The van der Waals surface area contributed by atoms with Crippen molar-refractivity contribution in [3.63, 3.8) is 0 Å². The monoisotopic (exact) mass is 295 g/mol. The zero-order valence-corrected chi connectivity index (χ0v) is 12.2. The molecule has 0 aliphatic rings. The van der Waals surface area contributed by atoms with E-state index in [4.69, 9.17) is 0 Å². The van der Waals surface area contributed by atoms with Gasteiger partial charge in [-0.25, -0.2) is 4.98 Å². The molecular formula is C16H13N3OS. The predicted molar refractivity (Wildman–Crippen MR) is 84.5 cm³/mol. The lowest BCUT2D eigenvalue weighted by Gasteiger charge is -2.00. The van der Waals surface area contributed by atoms with Crippen molar-refractivity contribution in [3.8, 4) is 11.3 Å². The molecule has 0 saturated carbocycles. The Morgan fingerprint density at radius 2 is 2.00 bits per heavy atom. The van der Waals surface area contributed by atoms with Gasteiger partial charge in [-0.2, -0.15) is 0 Å². The molecule has 0 radical (unpaired) electrons. The minimum atomic E-state index is -0.201. The van der Waals surface area contributed by atoms with E-state index in [0.29, 0.717) is 10.7 Å². The molecule has 3 rings (SSSR count). The highest BCUT2D eigenvalue weighted by molar-refractivity contribution is 7.14. The summed E-state index contributed by atoms with van der Waals surface area (Å²) in [6.07, 6.45) is 3.17. The van der Waals surface area contributed by atoms with Crippen LogP contribution in [0.3, 0.4) is 0 Å². The molecule has 0 spiro atoms. The van der Waals surface area contributed by atoms with E-state index < -0.39 is 0 Å².